The number of allylic oxidation sites excluding steroid dienone is 4. The molecule has 84 valence electrons. The van der Waals surface area contributed by atoms with Crippen LogP contribution in [0.5, 0.6) is 0 Å². The normalized spacial score (nSPS) is 18.4. The van der Waals surface area contributed by atoms with Gasteiger partial charge in [-0.05, 0) is 17.7 Å². The molecule has 1 aromatic heterocycles. The fraction of sp³-hybridized carbons (Fsp3) is 0.154. The molecule has 1 heterocycles. The zero-order valence-corrected chi connectivity index (χ0v) is 9.46. The number of aromatic amines is 1. The molecular formula is C13H12N4. The lowest BCUT2D eigenvalue weighted by Crippen LogP contribution is -1.94. The molecule has 4 nitrogen and oxygen atoms in total. The molecule has 1 aliphatic rings. The molecule has 2 aromatic rings. The molecule has 0 saturated heterocycles. The van der Waals surface area contributed by atoms with Crippen molar-refractivity contribution < 1.29 is 0 Å². The van der Waals surface area contributed by atoms with Gasteiger partial charge in [-0.15, -0.1) is 10.2 Å². The van der Waals surface area contributed by atoms with E-state index in [1.807, 2.05) is 18.2 Å². The lowest BCUT2D eigenvalue weighted by molar-refractivity contribution is 0.881. The van der Waals surface area contributed by atoms with E-state index in [1.165, 1.54) is 11.1 Å². The number of hydrogen-bond acceptors (Lipinski definition) is 3. The Morgan fingerprint density at radius 2 is 2.12 bits per heavy atom. The Morgan fingerprint density at radius 1 is 1.24 bits per heavy atom. The Hall–Kier alpha value is -2.23. The molecule has 1 atom stereocenters. The van der Waals surface area contributed by atoms with Crippen LogP contribution in [-0.2, 0) is 0 Å². The maximum Gasteiger partial charge on any atom is 0.204 e. The molecule has 0 fully saturated rings. The van der Waals surface area contributed by atoms with Crippen molar-refractivity contribution in [2.24, 2.45) is 0 Å². The van der Waals surface area contributed by atoms with Gasteiger partial charge in [0, 0.05) is 11.5 Å². The molecule has 3 rings (SSSR count). The molecule has 0 saturated carbocycles. The number of benzene rings is 1. The molecule has 0 radical (unpaired) electrons. The molecule has 4 heteroatoms. The molecular weight excluding hydrogens is 212 g/mol. The topological polar surface area (TPSA) is 54.5 Å². The Labute approximate surface area is 99.1 Å². The van der Waals surface area contributed by atoms with Crippen molar-refractivity contribution in [3.63, 3.8) is 0 Å². The Morgan fingerprint density at radius 3 is 2.82 bits per heavy atom. The number of rotatable bonds is 2. The number of aromatic nitrogens is 4. The largest absolute Gasteiger partial charge is 0.204 e. The van der Waals surface area contributed by atoms with Crippen LogP contribution in [0.25, 0.3) is 11.4 Å². The van der Waals surface area contributed by atoms with Crippen molar-refractivity contribution in [2.45, 2.75) is 12.8 Å². The van der Waals surface area contributed by atoms with Crippen molar-refractivity contribution >= 4 is 0 Å². The van der Waals surface area contributed by atoms with E-state index in [0.717, 1.165) is 5.56 Å². The Bertz CT molecular complexity index is 581. The van der Waals surface area contributed by atoms with E-state index in [-0.39, 0.29) is 0 Å². The molecule has 1 unspecified atom stereocenters. The van der Waals surface area contributed by atoms with Crippen LogP contribution in [0.3, 0.4) is 0 Å². The van der Waals surface area contributed by atoms with Crippen molar-refractivity contribution in [3.05, 3.63) is 53.6 Å². The van der Waals surface area contributed by atoms with E-state index in [2.05, 4.69) is 51.8 Å². The highest BCUT2D eigenvalue weighted by Gasteiger charge is 2.16. The molecule has 17 heavy (non-hydrogen) atoms. The minimum absolute atomic E-state index is 0.310. The standard InChI is InChI=1S/C13H12N4/c1-9-6-7-10(8-9)11-4-2-3-5-12(11)13-14-16-17-15-13/h2-8,10H,1H3,(H,14,15,16,17). The minimum Gasteiger partial charge on any atom is -0.177 e. The van der Waals surface area contributed by atoms with Crippen LogP contribution >= 0.6 is 0 Å². The van der Waals surface area contributed by atoms with Gasteiger partial charge in [-0.2, -0.15) is 5.21 Å². The smallest absolute Gasteiger partial charge is 0.177 e. The van der Waals surface area contributed by atoms with E-state index in [0.29, 0.717) is 11.7 Å². The summed E-state index contributed by atoms with van der Waals surface area (Å²) in [6.45, 7) is 2.10. The second-order valence-corrected chi connectivity index (χ2v) is 4.12. The zero-order chi connectivity index (χ0) is 11.7. The highest BCUT2D eigenvalue weighted by atomic mass is 15.5. The lowest BCUT2D eigenvalue weighted by Gasteiger charge is -2.09. The van der Waals surface area contributed by atoms with E-state index >= 15 is 0 Å². The zero-order valence-electron chi connectivity index (χ0n) is 9.46. The first-order valence-electron chi connectivity index (χ1n) is 5.54. The second kappa shape index (κ2) is 3.97. The fourth-order valence-electron chi connectivity index (χ4n) is 2.11. The predicted molar refractivity (Wildman–Crippen MR) is 65.3 cm³/mol. The fourth-order valence-corrected chi connectivity index (χ4v) is 2.11. The van der Waals surface area contributed by atoms with Crippen LogP contribution < -0.4 is 0 Å². The van der Waals surface area contributed by atoms with Crippen molar-refractivity contribution in [3.8, 4) is 11.4 Å². The Balaban J connectivity index is 2.09. The van der Waals surface area contributed by atoms with Gasteiger partial charge in [-0.3, -0.25) is 0 Å². The molecule has 1 N–H and O–H groups in total. The average Bonchev–Trinajstić information content (AvgIpc) is 3.00. The highest BCUT2D eigenvalue weighted by molar-refractivity contribution is 5.62. The number of nitrogens with one attached hydrogen (secondary N) is 1. The van der Waals surface area contributed by atoms with Crippen LogP contribution in [0.1, 0.15) is 18.4 Å². The predicted octanol–water partition coefficient (Wildman–Crippen LogP) is 2.47. The van der Waals surface area contributed by atoms with Gasteiger partial charge in [0.05, 0.1) is 0 Å². The number of H-pyrrole nitrogens is 1. The maximum atomic E-state index is 4.05. The van der Waals surface area contributed by atoms with E-state index in [4.69, 9.17) is 0 Å². The quantitative estimate of drug-likeness (QED) is 0.852. The van der Waals surface area contributed by atoms with Crippen LogP contribution in [0.4, 0.5) is 0 Å². The van der Waals surface area contributed by atoms with Gasteiger partial charge in [0.1, 0.15) is 0 Å². The van der Waals surface area contributed by atoms with Gasteiger partial charge >= 0.3 is 0 Å². The summed E-state index contributed by atoms with van der Waals surface area (Å²) in [5.74, 6) is 0.955. The monoisotopic (exact) mass is 224 g/mol. The first-order valence-corrected chi connectivity index (χ1v) is 5.54. The maximum absolute atomic E-state index is 4.05. The summed E-state index contributed by atoms with van der Waals surface area (Å²) in [5, 5.41) is 14.2. The van der Waals surface area contributed by atoms with Crippen molar-refractivity contribution in [1.82, 2.24) is 20.6 Å². The SMILES string of the molecule is CC1=CC(c2ccccc2-c2nn[nH]n2)C=C1. The van der Waals surface area contributed by atoms with E-state index in [9.17, 15) is 0 Å². The van der Waals surface area contributed by atoms with Crippen LogP contribution in [0, 0.1) is 0 Å². The van der Waals surface area contributed by atoms with Gasteiger partial charge in [-0.1, -0.05) is 48.1 Å². The summed E-state index contributed by atoms with van der Waals surface area (Å²) in [4.78, 5) is 0. The van der Waals surface area contributed by atoms with E-state index < -0.39 is 0 Å². The summed E-state index contributed by atoms with van der Waals surface area (Å²) < 4.78 is 0. The van der Waals surface area contributed by atoms with Gasteiger partial charge in [0.15, 0.2) is 0 Å². The van der Waals surface area contributed by atoms with Crippen LogP contribution in [0.2, 0.25) is 0 Å². The third-order valence-electron chi connectivity index (χ3n) is 2.92. The molecule has 0 bridgehead atoms. The van der Waals surface area contributed by atoms with Crippen molar-refractivity contribution in [1.29, 1.82) is 0 Å². The first kappa shape index (κ1) is 9.96. The summed E-state index contributed by atoms with van der Waals surface area (Å²) >= 11 is 0. The summed E-state index contributed by atoms with van der Waals surface area (Å²) in [6, 6.07) is 8.16. The average molecular weight is 224 g/mol. The third kappa shape index (κ3) is 1.78. The minimum atomic E-state index is 0.310. The number of tetrazole rings is 1. The van der Waals surface area contributed by atoms with Crippen LogP contribution in [-0.4, -0.2) is 20.6 Å². The van der Waals surface area contributed by atoms with Crippen molar-refractivity contribution in [2.75, 3.05) is 0 Å². The first-order chi connectivity index (χ1) is 8.34. The van der Waals surface area contributed by atoms with E-state index in [1.54, 1.807) is 0 Å². The molecule has 1 aromatic carbocycles. The van der Waals surface area contributed by atoms with Gasteiger partial charge < -0.3 is 0 Å². The van der Waals surface area contributed by atoms with Gasteiger partial charge in [0.2, 0.25) is 5.82 Å². The molecule has 0 amide bonds. The number of nitrogens with zero attached hydrogens (tertiary/aromatic N) is 3. The van der Waals surface area contributed by atoms with Crippen LogP contribution in [0.15, 0.2) is 48.1 Å². The molecule has 0 aliphatic heterocycles. The number of hydrogen-bond donors (Lipinski definition) is 1. The third-order valence-corrected chi connectivity index (χ3v) is 2.92. The van der Waals surface area contributed by atoms with Gasteiger partial charge in [-0.25, -0.2) is 0 Å². The summed E-state index contributed by atoms with van der Waals surface area (Å²) in [7, 11) is 0. The summed E-state index contributed by atoms with van der Waals surface area (Å²) in [6.07, 6.45) is 6.56. The highest BCUT2D eigenvalue weighted by Crippen LogP contribution is 2.32. The van der Waals surface area contributed by atoms with Gasteiger partial charge in [0.25, 0.3) is 0 Å². The molecule has 1 aliphatic carbocycles. The Kier molecular flexibility index (Phi) is 2.33. The summed E-state index contributed by atoms with van der Waals surface area (Å²) in [5.41, 5.74) is 3.53. The lowest BCUT2D eigenvalue weighted by atomic mass is 9.95. The molecule has 0 spiro atoms. The second-order valence-electron chi connectivity index (χ2n) is 4.12.